The molecule has 0 atom stereocenters. The van der Waals surface area contributed by atoms with Gasteiger partial charge in [0.25, 0.3) is 0 Å². The van der Waals surface area contributed by atoms with Crippen molar-refractivity contribution >= 4 is 16.8 Å². The molecule has 0 N–H and O–H groups in total. The zero-order chi connectivity index (χ0) is 30.4. The molecule has 0 aliphatic heterocycles. The first-order chi connectivity index (χ1) is 20.2. The van der Waals surface area contributed by atoms with Gasteiger partial charge in [-0.1, -0.05) is 59.3 Å². The Bertz CT molecular complexity index is 1730. The summed E-state index contributed by atoms with van der Waals surface area (Å²) < 4.78 is 5.49. The van der Waals surface area contributed by atoms with Crippen LogP contribution in [0.2, 0.25) is 0 Å². The molecule has 6 aromatic heterocycles. The van der Waals surface area contributed by atoms with E-state index in [2.05, 4.69) is 90.6 Å². The van der Waals surface area contributed by atoms with Gasteiger partial charge in [-0.3, -0.25) is 0 Å². The largest absolute Gasteiger partial charge is 0.238 e. The van der Waals surface area contributed by atoms with Gasteiger partial charge in [0.2, 0.25) is 0 Å². The zero-order valence-electron chi connectivity index (χ0n) is 24.8. The van der Waals surface area contributed by atoms with E-state index in [1.807, 2.05) is 45.8 Å². The fourth-order valence-corrected chi connectivity index (χ4v) is 4.28. The quantitative estimate of drug-likeness (QED) is 0.247. The molecule has 6 rings (SSSR count). The molecule has 0 unspecified atom stereocenters. The highest BCUT2D eigenvalue weighted by molar-refractivity contribution is 5.53. The van der Waals surface area contributed by atoms with Crippen LogP contribution in [-0.2, 0) is 0 Å². The van der Waals surface area contributed by atoms with E-state index in [-0.39, 0.29) is 0 Å². The highest BCUT2D eigenvalue weighted by Crippen LogP contribution is 2.19. The maximum absolute atomic E-state index is 5.31. The molecule has 0 bridgehead atoms. The summed E-state index contributed by atoms with van der Waals surface area (Å²) in [5, 5.41) is 12.8. The number of fused-ring (bicyclic) bond motifs is 3. The lowest BCUT2D eigenvalue weighted by atomic mass is 10.1. The fraction of sp³-hybridized carbons (Fsp3) is 0.265. The number of aromatic nitrogens is 8. The van der Waals surface area contributed by atoms with Gasteiger partial charge in [0.05, 0.1) is 41.6 Å². The topological polar surface area (TPSA) is 77.7 Å². The molecule has 0 amide bonds. The Morgan fingerprint density at radius 3 is 1.88 bits per heavy atom. The van der Waals surface area contributed by atoms with Gasteiger partial charge in [0.1, 0.15) is 0 Å². The van der Waals surface area contributed by atoms with E-state index >= 15 is 0 Å². The Balaban J connectivity index is 0.000000145. The maximum Gasteiger partial charge on any atom is 0.158 e. The molecule has 6 aromatic rings. The Hall–Kier alpha value is -5.39. The molecule has 0 saturated carbocycles. The summed E-state index contributed by atoms with van der Waals surface area (Å²) in [6.07, 6.45) is 26.5. The Morgan fingerprint density at radius 2 is 1.26 bits per heavy atom. The van der Waals surface area contributed by atoms with E-state index in [0.717, 1.165) is 44.8 Å². The van der Waals surface area contributed by atoms with Crippen LogP contribution in [0, 0.1) is 37.0 Å². The van der Waals surface area contributed by atoms with Crippen LogP contribution in [0.25, 0.3) is 16.8 Å². The number of terminal acetylenes is 3. The van der Waals surface area contributed by atoms with Crippen molar-refractivity contribution in [1.29, 1.82) is 0 Å². The fourth-order valence-electron chi connectivity index (χ4n) is 4.28. The second-order valence-corrected chi connectivity index (χ2v) is 10.6. The van der Waals surface area contributed by atoms with Crippen LogP contribution >= 0.6 is 0 Å². The molecule has 8 nitrogen and oxygen atoms in total. The molecule has 6 heterocycles. The summed E-state index contributed by atoms with van der Waals surface area (Å²) in [6.45, 7) is 12.8. The van der Waals surface area contributed by atoms with Crippen molar-refractivity contribution in [2.75, 3.05) is 0 Å². The lowest BCUT2D eigenvalue weighted by Crippen LogP contribution is -1.99. The summed E-state index contributed by atoms with van der Waals surface area (Å²) in [6, 6.07) is 7.97. The SMILES string of the molecule is C#Cc1cnc2c(C(C)C)cnn2c1.C#Cc1cnn2c(C(C)C)ccc2c1.C#Cc1cnn2c(C(C)C)cnc2c1. The molecule has 0 aromatic carbocycles. The molecular weight excluding hydrogens is 520 g/mol. The lowest BCUT2D eigenvalue weighted by Gasteiger charge is -2.04. The highest BCUT2D eigenvalue weighted by Gasteiger charge is 2.09. The molecule has 8 heteroatoms. The van der Waals surface area contributed by atoms with Gasteiger partial charge < -0.3 is 0 Å². The minimum absolute atomic E-state index is 0.411. The van der Waals surface area contributed by atoms with Crippen LogP contribution in [0.5, 0.6) is 0 Å². The van der Waals surface area contributed by atoms with E-state index in [4.69, 9.17) is 19.3 Å². The first-order valence-corrected chi connectivity index (χ1v) is 13.7. The Morgan fingerprint density at radius 1 is 0.619 bits per heavy atom. The van der Waals surface area contributed by atoms with Crippen molar-refractivity contribution in [3.05, 3.63) is 95.1 Å². The second kappa shape index (κ2) is 12.9. The molecule has 0 saturated heterocycles. The Labute approximate surface area is 246 Å². The van der Waals surface area contributed by atoms with Crippen LogP contribution in [0.15, 0.2) is 61.4 Å². The third kappa shape index (κ3) is 6.33. The predicted molar refractivity (Wildman–Crippen MR) is 167 cm³/mol. The zero-order valence-corrected chi connectivity index (χ0v) is 24.8. The second-order valence-electron chi connectivity index (χ2n) is 10.6. The summed E-state index contributed by atoms with van der Waals surface area (Å²) >= 11 is 0. The van der Waals surface area contributed by atoms with Gasteiger partial charge >= 0.3 is 0 Å². The molecule has 0 spiro atoms. The van der Waals surface area contributed by atoms with Gasteiger partial charge in [0, 0.05) is 40.8 Å². The minimum Gasteiger partial charge on any atom is -0.238 e. The van der Waals surface area contributed by atoms with Gasteiger partial charge in [-0.25, -0.2) is 23.5 Å². The van der Waals surface area contributed by atoms with E-state index in [1.165, 1.54) is 5.69 Å². The molecule has 0 aliphatic carbocycles. The van der Waals surface area contributed by atoms with E-state index < -0.39 is 0 Å². The van der Waals surface area contributed by atoms with Crippen molar-refractivity contribution in [2.45, 2.75) is 59.3 Å². The van der Waals surface area contributed by atoms with Crippen molar-refractivity contribution in [3.63, 3.8) is 0 Å². The normalized spacial score (nSPS) is 10.7. The average molecular weight is 555 g/mol. The molecular formula is C34H34N8. The standard InChI is InChI=1S/C12H12N2.2C11H11N3/c1-4-10-7-11-5-6-12(9(2)3)14(11)13-8-10;1-4-9-5-12-11-10(8(2)3)6-13-14(11)7-9;1-4-9-5-11-12-7-10(8(2)3)14(11)13-6-9/h1,5-9H,2-3H3;2*1,5-8H,2-3H3. The Kier molecular flexibility index (Phi) is 9.05. The smallest absolute Gasteiger partial charge is 0.158 e. The monoisotopic (exact) mass is 554 g/mol. The van der Waals surface area contributed by atoms with Crippen LogP contribution < -0.4 is 0 Å². The summed E-state index contributed by atoms with van der Waals surface area (Å²) in [5.74, 6) is 8.97. The number of nitrogens with zero attached hydrogens (tertiary/aromatic N) is 8. The number of hydrogen-bond donors (Lipinski definition) is 0. The minimum atomic E-state index is 0.411. The van der Waals surface area contributed by atoms with Crippen LogP contribution in [0.4, 0.5) is 0 Å². The summed E-state index contributed by atoms with van der Waals surface area (Å²) in [4.78, 5) is 8.54. The van der Waals surface area contributed by atoms with Crippen molar-refractivity contribution < 1.29 is 0 Å². The van der Waals surface area contributed by atoms with Gasteiger partial charge in [-0.05, 0) is 36.0 Å². The van der Waals surface area contributed by atoms with Gasteiger partial charge in [0.15, 0.2) is 11.3 Å². The molecule has 210 valence electrons. The van der Waals surface area contributed by atoms with Crippen molar-refractivity contribution in [2.24, 2.45) is 0 Å². The first kappa shape index (κ1) is 29.6. The predicted octanol–water partition coefficient (Wildman–Crippen LogP) is 6.11. The van der Waals surface area contributed by atoms with Crippen molar-refractivity contribution in [3.8, 4) is 37.0 Å². The van der Waals surface area contributed by atoms with E-state index in [0.29, 0.717) is 17.8 Å². The highest BCUT2D eigenvalue weighted by atomic mass is 15.3. The van der Waals surface area contributed by atoms with Crippen LogP contribution in [0.3, 0.4) is 0 Å². The van der Waals surface area contributed by atoms with Crippen molar-refractivity contribution in [1.82, 2.24) is 38.8 Å². The first-order valence-electron chi connectivity index (χ1n) is 13.7. The summed E-state index contributed by atoms with van der Waals surface area (Å²) in [7, 11) is 0. The molecule has 0 fully saturated rings. The molecule has 42 heavy (non-hydrogen) atoms. The van der Waals surface area contributed by atoms with Gasteiger partial charge in [-0.15, -0.1) is 19.3 Å². The molecule has 0 aliphatic rings. The van der Waals surface area contributed by atoms with Crippen LogP contribution in [0.1, 0.15) is 92.9 Å². The van der Waals surface area contributed by atoms with Crippen LogP contribution in [-0.4, -0.2) is 38.8 Å². The van der Waals surface area contributed by atoms with Gasteiger partial charge in [-0.2, -0.15) is 15.3 Å². The molecule has 0 radical (unpaired) electrons. The lowest BCUT2D eigenvalue weighted by molar-refractivity contribution is 0.758. The maximum atomic E-state index is 5.31. The summed E-state index contributed by atoms with van der Waals surface area (Å²) in [5.41, 5.74) is 8.55. The number of hydrogen-bond acceptors (Lipinski definition) is 5. The van der Waals surface area contributed by atoms with E-state index in [9.17, 15) is 0 Å². The third-order valence-corrected chi connectivity index (χ3v) is 6.61. The number of imidazole rings is 1. The average Bonchev–Trinajstić information content (AvgIpc) is 3.73. The van der Waals surface area contributed by atoms with E-state index in [1.54, 1.807) is 23.1 Å². The third-order valence-electron chi connectivity index (χ3n) is 6.61. The number of rotatable bonds is 3.